The summed E-state index contributed by atoms with van der Waals surface area (Å²) in [6.07, 6.45) is 0. The van der Waals surface area contributed by atoms with Gasteiger partial charge in [-0.3, -0.25) is 0 Å². The van der Waals surface area contributed by atoms with Gasteiger partial charge < -0.3 is 0 Å². The number of aromatic nitrogens is 3. The molecule has 3 nitrogen and oxygen atoms in total. The summed E-state index contributed by atoms with van der Waals surface area (Å²) in [6.45, 7) is 1.86. The van der Waals surface area contributed by atoms with Gasteiger partial charge in [0.1, 0.15) is 0 Å². The van der Waals surface area contributed by atoms with Gasteiger partial charge >= 0.3 is 0 Å². The molecule has 1 heterocycles. The van der Waals surface area contributed by atoms with E-state index in [1.807, 2.05) is 25.1 Å². The molecular formula is C15H9Cl4N3. The van der Waals surface area contributed by atoms with E-state index in [0.717, 1.165) is 5.56 Å². The molecule has 112 valence electrons. The Morgan fingerprint density at radius 3 is 2.41 bits per heavy atom. The molecule has 0 aliphatic rings. The average molecular weight is 373 g/mol. The summed E-state index contributed by atoms with van der Waals surface area (Å²) >= 11 is 24.6. The molecule has 0 N–H and O–H groups in total. The van der Waals surface area contributed by atoms with E-state index in [2.05, 4.69) is 10.1 Å². The maximum atomic E-state index is 6.22. The summed E-state index contributed by atoms with van der Waals surface area (Å²) in [5.41, 5.74) is 2.19. The number of hydrogen-bond acceptors (Lipinski definition) is 2. The van der Waals surface area contributed by atoms with Crippen molar-refractivity contribution in [1.82, 2.24) is 14.8 Å². The molecule has 3 rings (SSSR count). The zero-order valence-corrected chi connectivity index (χ0v) is 14.3. The van der Waals surface area contributed by atoms with Gasteiger partial charge in [0, 0.05) is 15.6 Å². The predicted octanol–water partition coefficient (Wildman–Crippen LogP) is 5.86. The lowest BCUT2D eigenvalue weighted by Crippen LogP contribution is -2.00. The zero-order valence-electron chi connectivity index (χ0n) is 11.3. The highest BCUT2D eigenvalue weighted by Crippen LogP contribution is 2.31. The van der Waals surface area contributed by atoms with E-state index in [-0.39, 0.29) is 5.28 Å². The van der Waals surface area contributed by atoms with Gasteiger partial charge in [-0.2, -0.15) is 4.98 Å². The van der Waals surface area contributed by atoms with Crippen LogP contribution in [0, 0.1) is 6.92 Å². The van der Waals surface area contributed by atoms with Crippen molar-refractivity contribution in [2.75, 3.05) is 0 Å². The molecule has 0 saturated carbocycles. The van der Waals surface area contributed by atoms with Crippen molar-refractivity contribution in [3.8, 4) is 17.1 Å². The second kappa shape index (κ2) is 6.09. The van der Waals surface area contributed by atoms with Crippen LogP contribution in [0.2, 0.25) is 20.4 Å². The van der Waals surface area contributed by atoms with E-state index in [0.29, 0.717) is 32.1 Å². The standard InChI is InChI=1S/C15H9Cl4N3/c1-8-12(18)6-9(16)7-13(8)22-15(19)20-14(21-22)10-4-2-3-5-11(10)17/h2-7H,1H3. The summed E-state index contributed by atoms with van der Waals surface area (Å²) in [5.74, 6) is 0.436. The van der Waals surface area contributed by atoms with E-state index in [1.165, 1.54) is 4.68 Å². The van der Waals surface area contributed by atoms with Crippen LogP contribution in [0.4, 0.5) is 0 Å². The van der Waals surface area contributed by atoms with E-state index >= 15 is 0 Å². The van der Waals surface area contributed by atoms with Gasteiger partial charge in [0.25, 0.3) is 0 Å². The monoisotopic (exact) mass is 371 g/mol. The SMILES string of the molecule is Cc1c(Cl)cc(Cl)cc1-n1nc(-c2ccccc2Cl)nc1Cl. The van der Waals surface area contributed by atoms with Crippen molar-refractivity contribution >= 4 is 46.4 Å². The molecule has 1 aromatic heterocycles. The molecule has 0 aliphatic carbocycles. The van der Waals surface area contributed by atoms with Crippen LogP contribution in [-0.4, -0.2) is 14.8 Å². The molecule has 0 unspecified atom stereocenters. The number of halogens is 4. The van der Waals surface area contributed by atoms with Crippen LogP contribution in [0.1, 0.15) is 5.56 Å². The van der Waals surface area contributed by atoms with E-state index in [9.17, 15) is 0 Å². The third kappa shape index (κ3) is 2.82. The first-order valence-electron chi connectivity index (χ1n) is 6.31. The van der Waals surface area contributed by atoms with Crippen molar-refractivity contribution in [3.63, 3.8) is 0 Å². The highest BCUT2D eigenvalue weighted by molar-refractivity contribution is 6.35. The molecule has 0 fully saturated rings. The lowest BCUT2D eigenvalue weighted by atomic mass is 10.2. The van der Waals surface area contributed by atoms with Crippen LogP contribution in [0.25, 0.3) is 17.1 Å². The lowest BCUT2D eigenvalue weighted by Gasteiger charge is -2.08. The Kier molecular flexibility index (Phi) is 4.33. The third-order valence-electron chi connectivity index (χ3n) is 3.19. The summed E-state index contributed by atoms with van der Waals surface area (Å²) in [6, 6.07) is 10.7. The average Bonchev–Trinajstić information content (AvgIpc) is 2.85. The minimum Gasteiger partial charge on any atom is -0.203 e. The van der Waals surface area contributed by atoms with Crippen molar-refractivity contribution < 1.29 is 0 Å². The number of nitrogens with zero attached hydrogens (tertiary/aromatic N) is 3. The molecule has 0 atom stereocenters. The first-order chi connectivity index (χ1) is 10.5. The largest absolute Gasteiger partial charge is 0.226 e. The molecule has 0 aliphatic heterocycles. The molecule has 0 amide bonds. The Morgan fingerprint density at radius 2 is 1.68 bits per heavy atom. The van der Waals surface area contributed by atoms with Gasteiger partial charge in [0.05, 0.1) is 10.7 Å². The lowest BCUT2D eigenvalue weighted by molar-refractivity contribution is 0.875. The summed E-state index contributed by atoms with van der Waals surface area (Å²) in [5, 5.41) is 6.22. The van der Waals surface area contributed by atoms with Crippen molar-refractivity contribution in [2.24, 2.45) is 0 Å². The number of rotatable bonds is 2. The van der Waals surface area contributed by atoms with Crippen molar-refractivity contribution in [2.45, 2.75) is 6.92 Å². The van der Waals surface area contributed by atoms with E-state index in [1.54, 1.807) is 18.2 Å². The fourth-order valence-corrected chi connectivity index (χ4v) is 2.97. The van der Waals surface area contributed by atoms with Gasteiger partial charge in [0.15, 0.2) is 5.82 Å². The quantitative estimate of drug-likeness (QED) is 0.564. The second-order valence-electron chi connectivity index (χ2n) is 4.63. The second-order valence-corrected chi connectivity index (χ2v) is 6.22. The van der Waals surface area contributed by atoms with Crippen molar-refractivity contribution in [3.05, 3.63) is 62.3 Å². The molecule has 7 heteroatoms. The maximum absolute atomic E-state index is 6.22. The zero-order chi connectivity index (χ0) is 15.9. The minimum atomic E-state index is 0.205. The Balaban J connectivity index is 2.17. The smallest absolute Gasteiger partial charge is 0.203 e. The van der Waals surface area contributed by atoms with Gasteiger partial charge in [-0.1, -0.05) is 46.9 Å². The number of benzene rings is 2. The molecule has 0 spiro atoms. The van der Waals surface area contributed by atoms with Crippen LogP contribution in [-0.2, 0) is 0 Å². The Hall–Kier alpha value is -1.26. The van der Waals surface area contributed by atoms with Crippen LogP contribution < -0.4 is 0 Å². The Labute approximate surface area is 147 Å². The van der Waals surface area contributed by atoms with Gasteiger partial charge in [-0.25, -0.2) is 4.68 Å². The van der Waals surface area contributed by atoms with Gasteiger partial charge in [-0.15, -0.1) is 5.10 Å². The first-order valence-corrected chi connectivity index (χ1v) is 7.82. The molecular weight excluding hydrogens is 364 g/mol. The van der Waals surface area contributed by atoms with E-state index in [4.69, 9.17) is 46.4 Å². The molecule has 22 heavy (non-hydrogen) atoms. The maximum Gasteiger partial charge on any atom is 0.226 e. The first kappa shape index (κ1) is 15.6. The predicted molar refractivity (Wildman–Crippen MR) is 91.6 cm³/mol. The van der Waals surface area contributed by atoms with Crippen molar-refractivity contribution in [1.29, 1.82) is 0 Å². The molecule has 2 aromatic carbocycles. The van der Waals surface area contributed by atoms with Crippen LogP contribution in [0.5, 0.6) is 0 Å². The van der Waals surface area contributed by atoms with Crippen LogP contribution in [0.15, 0.2) is 36.4 Å². The minimum absolute atomic E-state index is 0.205. The summed E-state index contributed by atoms with van der Waals surface area (Å²) in [7, 11) is 0. The molecule has 0 bridgehead atoms. The number of hydrogen-bond donors (Lipinski definition) is 0. The Morgan fingerprint density at radius 1 is 0.955 bits per heavy atom. The highest BCUT2D eigenvalue weighted by Gasteiger charge is 2.16. The van der Waals surface area contributed by atoms with Gasteiger partial charge in [-0.05, 0) is 48.4 Å². The summed E-state index contributed by atoms with van der Waals surface area (Å²) in [4.78, 5) is 4.27. The Bertz CT molecular complexity index is 858. The van der Waals surface area contributed by atoms with E-state index < -0.39 is 0 Å². The normalized spacial score (nSPS) is 11.0. The van der Waals surface area contributed by atoms with Crippen LogP contribution >= 0.6 is 46.4 Å². The molecule has 0 radical (unpaired) electrons. The topological polar surface area (TPSA) is 30.7 Å². The van der Waals surface area contributed by atoms with Crippen LogP contribution in [0.3, 0.4) is 0 Å². The fraction of sp³-hybridized carbons (Fsp3) is 0.0667. The molecule has 3 aromatic rings. The van der Waals surface area contributed by atoms with Gasteiger partial charge in [0.2, 0.25) is 5.28 Å². The molecule has 0 saturated heterocycles. The fourth-order valence-electron chi connectivity index (χ4n) is 2.06. The highest BCUT2D eigenvalue weighted by atomic mass is 35.5. The third-order valence-corrected chi connectivity index (χ3v) is 4.38. The summed E-state index contributed by atoms with van der Waals surface area (Å²) < 4.78 is 1.49.